The lowest BCUT2D eigenvalue weighted by atomic mass is 10.2. The Balaban J connectivity index is 2.06. The Morgan fingerprint density at radius 2 is 1.95 bits per heavy atom. The highest BCUT2D eigenvalue weighted by Crippen LogP contribution is 2.10. The number of rotatable bonds is 6. The smallest absolute Gasteiger partial charge is 0.231 e. The summed E-state index contributed by atoms with van der Waals surface area (Å²) in [5.41, 5.74) is 13.7. The van der Waals surface area contributed by atoms with Gasteiger partial charge < -0.3 is 11.5 Å². The van der Waals surface area contributed by atoms with E-state index in [2.05, 4.69) is 5.10 Å². The first-order valence-electron chi connectivity index (χ1n) is 6.36. The second-order valence-corrected chi connectivity index (χ2v) is 4.83. The Hall–Kier alpha value is -2.34. The average molecular weight is 273 g/mol. The molecule has 0 saturated heterocycles. The van der Waals surface area contributed by atoms with Crippen LogP contribution in [0.25, 0.3) is 0 Å². The van der Waals surface area contributed by atoms with E-state index >= 15 is 0 Å². The molecule has 0 aliphatic heterocycles. The predicted molar refractivity (Wildman–Crippen MR) is 77.4 cm³/mol. The molecule has 1 aromatic heterocycles. The molecule has 0 radical (unpaired) electrons. The molecule has 106 valence electrons. The van der Waals surface area contributed by atoms with Gasteiger partial charge in [0.2, 0.25) is 5.91 Å². The Bertz CT molecular complexity index is 576. The standard InChI is InChI=1S/C14H19N5O/c1-18-7-6-13(17-18)9-19(10-14(16)20)8-11-2-4-12(15)5-3-11/h2-7H,8-10,15H2,1H3,(H2,16,20). The second-order valence-electron chi connectivity index (χ2n) is 4.83. The van der Waals surface area contributed by atoms with Gasteiger partial charge in [-0.1, -0.05) is 12.1 Å². The minimum absolute atomic E-state index is 0.195. The Kier molecular flexibility index (Phi) is 4.37. The van der Waals surface area contributed by atoms with Crippen molar-refractivity contribution in [3.63, 3.8) is 0 Å². The van der Waals surface area contributed by atoms with Gasteiger partial charge in [0.05, 0.1) is 12.2 Å². The van der Waals surface area contributed by atoms with E-state index in [-0.39, 0.29) is 12.5 Å². The van der Waals surface area contributed by atoms with E-state index < -0.39 is 0 Å². The molecule has 20 heavy (non-hydrogen) atoms. The number of hydrogen-bond donors (Lipinski definition) is 2. The van der Waals surface area contributed by atoms with Crippen LogP contribution in [0.15, 0.2) is 36.5 Å². The van der Waals surface area contributed by atoms with Crippen LogP contribution in [0.5, 0.6) is 0 Å². The van der Waals surface area contributed by atoms with Crippen LogP contribution >= 0.6 is 0 Å². The highest BCUT2D eigenvalue weighted by molar-refractivity contribution is 5.75. The molecule has 1 amide bonds. The van der Waals surface area contributed by atoms with Gasteiger partial charge in [0, 0.05) is 32.0 Å². The number of primary amides is 1. The van der Waals surface area contributed by atoms with Crippen molar-refractivity contribution in [1.82, 2.24) is 14.7 Å². The molecule has 1 aromatic carbocycles. The van der Waals surface area contributed by atoms with E-state index in [1.165, 1.54) is 0 Å². The van der Waals surface area contributed by atoms with E-state index in [4.69, 9.17) is 11.5 Å². The van der Waals surface area contributed by atoms with E-state index in [0.717, 1.165) is 16.9 Å². The van der Waals surface area contributed by atoms with Gasteiger partial charge in [-0.05, 0) is 23.8 Å². The molecule has 0 fully saturated rings. The van der Waals surface area contributed by atoms with Gasteiger partial charge in [-0.15, -0.1) is 0 Å². The maximum Gasteiger partial charge on any atom is 0.231 e. The Morgan fingerprint density at radius 1 is 1.25 bits per heavy atom. The molecule has 0 bridgehead atoms. The lowest BCUT2D eigenvalue weighted by Crippen LogP contribution is -2.33. The molecule has 0 atom stereocenters. The van der Waals surface area contributed by atoms with Crippen molar-refractivity contribution >= 4 is 11.6 Å². The topological polar surface area (TPSA) is 90.2 Å². The quantitative estimate of drug-likeness (QED) is 0.749. The highest BCUT2D eigenvalue weighted by Gasteiger charge is 2.11. The van der Waals surface area contributed by atoms with Crippen LogP contribution in [0.4, 0.5) is 5.69 Å². The molecule has 0 aliphatic rings. The fourth-order valence-corrected chi connectivity index (χ4v) is 2.05. The third kappa shape index (κ3) is 4.10. The molecule has 0 saturated carbocycles. The van der Waals surface area contributed by atoms with Gasteiger partial charge >= 0.3 is 0 Å². The van der Waals surface area contributed by atoms with Crippen molar-refractivity contribution in [3.8, 4) is 0 Å². The Labute approximate surface area is 118 Å². The van der Waals surface area contributed by atoms with Crippen molar-refractivity contribution in [3.05, 3.63) is 47.8 Å². The van der Waals surface area contributed by atoms with Crippen LogP contribution in [0.1, 0.15) is 11.3 Å². The molecule has 1 heterocycles. The molecule has 0 unspecified atom stereocenters. The first kappa shape index (κ1) is 14.1. The summed E-state index contributed by atoms with van der Waals surface area (Å²) in [6.45, 7) is 1.40. The van der Waals surface area contributed by atoms with Gasteiger partial charge in [-0.2, -0.15) is 5.10 Å². The minimum atomic E-state index is -0.351. The molecule has 2 aromatic rings. The van der Waals surface area contributed by atoms with Crippen LogP contribution in [0.2, 0.25) is 0 Å². The number of nitrogens with two attached hydrogens (primary N) is 2. The van der Waals surface area contributed by atoms with Crippen molar-refractivity contribution in [2.24, 2.45) is 12.8 Å². The number of carbonyl (C=O) groups excluding carboxylic acids is 1. The lowest BCUT2D eigenvalue weighted by molar-refractivity contribution is -0.119. The summed E-state index contributed by atoms with van der Waals surface area (Å²) in [5, 5.41) is 4.32. The zero-order valence-electron chi connectivity index (χ0n) is 11.5. The summed E-state index contributed by atoms with van der Waals surface area (Å²) in [7, 11) is 1.86. The Morgan fingerprint density at radius 3 is 2.50 bits per heavy atom. The van der Waals surface area contributed by atoms with E-state index in [9.17, 15) is 4.79 Å². The number of amides is 1. The summed E-state index contributed by atoms with van der Waals surface area (Å²) in [6.07, 6.45) is 1.88. The van der Waals surface area contributed by atoms with Gasteiger partial charge in [0.25, 0.3) is 0 Å². The minimum Gasteiger partial charge on any atom is -0.399 e. The maximum atomic E-state index is 11.2. The predicted octanol–water partition coefficient (Wildman–Crippen LogP) is 0.490. The van der Waals surface area contributed by atoms with Crippen LogP contribution < -0.4 is 11.5 Å². The highest BCUT2D eigenvalue weighted by atomic mass is 16.1. The fraction of sp³-hybridized carbons (Fsp3) is 0.286. The molecular formula is C14H19N5O. The number of aryl methyl sites for hydroxylation is 1. The molecule has 6 nitrogen and oxygen atoms in total. The van der Waals surface area contributed by atoms with Crippen molar-refractivity contribution in [2.75, 3.05) is 12.3 Å². The summed E-state index contributed by atoms with van der Waals surface area (Å²) in [4.78, 5) is 13.1. The van der Waals surface area contributed by atoms with Gasteiger partial charge in [0.1, 0.15) is 0 Å². The van der Waals surface area contributed by atoms with E-state index in [0.29, 0.717) is 13.1 Å². The number of carbonyl (C=O) groups is 1. The number of benzene rings is 1. The maximum absolute atomic E-state index is 11.2. The monoisotopic (exact) mass is 273 g/mol. The number of aromatic nitrogens is 2. The van der Waals surface area contributed by atoms with Gasteiger partial charge in [-0.3, -0.25) is 14.4 Å². The zero-order valence-corrected chi connectivity index (χ0v) is 11.5. The van der Waals surface area contributed by atoms with E-state index in [1.54, 1.807) is 4.68 Å². The summed E-state index contributed by atoms with van der Waals surface area (Å²) >= 11 is 0. The summed E-state index contributed by atoms with van der Waals surface area (Å²) < 4.78 is 1.74. The van der Waals surface area contributed by atoms with Crippen molar-refractivity contribution in [1.29, 1.82) is 0 Å². The first-order chi connectivity index (χ1) is 9.52. The number of nitrogen functional groups attached to an aromatic ring is 1. The van der Waals surface area contributed by atoms with Crippen molar-refractivity contribution < 1.29 is 4.79 Å². The number of nitrogens with zero attached hydrogens (tertiary/aromatic N) is 3. The van der Waals surface area contributed by atoms with Gasteiger partial charge in [-0.25, -0.2) is 0 Å². The third-order valence-corrected chi connectivity index (χ3v) is 2.92. The van der Waals surface area contributed by atoms with Crippen LogP contribution in [0.3, 0.4) is 0 Å². The second kappa shape index (κ2) is 6.21. The fourth-order valence-electron chi connectivity index (χ4n) is 2.05. The van der Waals surface area contributed by atoms with Gasteiger partial charge in [0.15, 0.2) is 0 Å². The first-order valence-corrected chi connectivity index (χ1v) is 6.36. The third-order valence-electron chi connectivity index (χ3n) is 2.92. The van der Waals surface area contributed by atoms with Crippen LogP contribution in [-0.4, -0.2) is 27.1 Å². The number of hydrogen-bond acceptors (Lipinski definition) is 4. The van der Waals surface area contributed by atoms with Crippen LogP contribution in [-0.2, 0) is 24.9 Å². The summed E-state index contributed by atoms with van der Waals surface area (Å²) in [6, 6.07) is 9.51. The molecule has 0 spiro atoms. The number of anilines is 1. The lowest BCUT2D eigenvalue weighted by Gasteiger charge is -2.19. The zero-order chi connectivity index (χ0) is 14.5. The molecular weight excluding hydrogens is 254 g/mol. The summed E-state index contributed by atoms with van der Waals surface area (Å²) in [5.74, 6) is -0.351. The van der Waals surface area contributed by atoms with Crippen molar-refractivity contribution in [2.45, 2.75) is 13.1 Å². The van der Waals surface area contributed by atoms with E-state index in [1.807, 2.05) is 48.5 Å². The average Bonchev–Trinajstić information content (AvgIpc) is 2.77. The molecule has 6 heteroatoms. The van der Waals surface area contributed by atoms with Crippen LogP contribution in [0, 0.1) is 0 Å². The molecule has 4 N–H and O–H groups in total. The SMILES string of the molecule is Cn1ccc(CN(CC(N)=O)Cc2ccc(N)cc2)n1. The normalized spacial score (nSPS) is 10.9. The molecule has 0 aliphatic carbocycles. The largest absolute Gasteiger partial charge is 0.399 e. The molecule has 2 rings (SSSR count).